The molecule has 2 amide bonds. The predicted molar refractivity (Wildman–Crippen MR) is 112 cm³/mol. The fourth-order valence-corrected chi connectivity index (χ4v) is 2.74. The first-order valence-electron chi connectivity index (χ1n) is 8.65. The smallest absolute Gasteiger partial charge is 0.287 e. The zero-order chi connectivity index (χ0) is 21.0. The fourth-order valence-electron chi connectivity index (χ4n) is 2.74. The zero-order valence-corrected chi connectivity index (χ0v) is 17.0. The average Bonchev–Trinajstić information content (AvgIpc) is 3.39. The summed E-state index contributed by atoms with van der Waals surface area (Å²) in [4.78, 5) is 41.9. The summed E-state index contributed by atoms with van der Waals surface area (Å²) in [6.07, 6.45) is 6.16. The Labute approximate surface area is 177 Å². The van der Waals surface area contributed by atoms with Gasteiger partial charge in [-0.1, -0.05) is 0 Å². The van der Waals surface area contributed by atoms with Gasteiger partial charge in [0.2, 0.25) is 0 Å². The highest BCUT2D eigenvalue weighted by Crippen LogP contribution is 2.18. The van der Waals surface area contributed by atoms with Crippen LogP contribution < -0.4 is 16.0 Å². The van der Waals surface area contributed by atoms with Gasteiger partial charge in [0.1, 0.15) is 11.4 Å². The number of H-pyrrole nitrogens is 1. The third-order valence-corrected chi connectivity index (χ3v) is 4.13. The third kappa shape index (κ3) is 5.17. The van der Waals surface area contributed by atoms with Crippen LogP contribution in [0.2, 0.25) is 0 Å². The number of amides is 2. The summed E-state index contributed by atoms with van der Waals surface area (Å²) in [6, 6.07) is 2.72. The van der Waals surface area contributed by atoms with E-state index < -0.39 is 10.8 Å². The highest BCUT2D eigenvalue weighted by molar-refractivity contribution is 6.04. The Morgan fingerprint density at radius 3 is 2.47 bits per heavy atom. The first-order chi connectivity index (χ1) is 13.8. The highest BCUT2D eigenvalue weighted by atomic mass is 35.5. The summed E-state index contributed by atoms with van der Waals surface area (Å²) in [5.74, 6) is -0.200. The van der Waals surface area contributed by atoms with Crippen molar-refractivity contribution in [1.82, 2.24) is 24.4 Å². The number of imidazole rings is 1. The summed E-state index contributed by atoms with van der Waals surface area (Å²) in [6.45, 7) is 0.860. The highest BCUT2D eigenvalue weighted by Gasteiger charge is 2.19. The van der Waals surface area contributed by atoms with Crippen LogP contribution >= 0.6 is 12.4 Å². The summed E-state index contributed by atoms with van der Waals surface area (Å²) < 4.78 is 2.95. The quantitative estimate of drug-likeness (QED) is 0.238. The molecule has 0 aliphatic carbocycles. The molecule has 4 N–H and O–H groups in total. The van der Waals surface area contributed by atoms with Gasteiger partial charge < -0.3 is 30.1 Å². The molecule has 3 aromatic heterocycles. The molecule has 0 aliphatic heterocycles. The van der Waals surface area contributed by atoms with E-state index in [1.807, 2.05) is 0 Å². The molecule has 0 aliphatic rings. The molecule has 0 aromatic carbocycles. The number of anilines is 2. The SMILES string of the molecule is Cl.Cn1cc(NC(=O)c2cc([N+](=O)[O-])cn2C)cc1C(=O)NCCNc1ncc[nH]1. The Hall–Kier alpha value is -3.80. The lowest BCUT2D eigenvalue weighted by Crippen LogP contribution is -2.30. The number of carbonyl (C=O) groups is 2. The van der Waals surface area contributed by atoms with E-state index in [0.717, 1.165) is 0 Å². The van der Waals surface area contributed by atoms with Crippen LogP contribution in [-0.2, 0) is 14.1 Å². The molecule has 3 aromatic rings. The first-order valence-corrected chi connectivity index (χ1v) is 8.65. The number of aryl methyl sites for hydroxylation is 2. The molecule has 0 fully saturated rings. The maximum Gasteiger partial charge on any atom is 0.287 e. The number of rotatable bonds is 8. The van der Waals surface area contributed by atoms with Gasteiger partial charge in [0.25, 0.3) is 17.5 Å². The molecule has 0 saturated heterocycles. The summed E-state index contributed by atoms with van der Waals surface area (Å²) >= 11 is 0. The maximum absolute atomic E-state index is 12.4. The molecule has 160 valence electrons. The summed E-state index contributed by atoms with van der Waals surface area (Å²) in [7, 11) is 3.22. The molecule has 0 radical (unpaired) electrons. The van der Waals surface area contributed by atoms with Crippen molar-refractivity contribution in [3.63, 3.8) is 0 Å². The monoisotopic (exact) mass is 436 g/mol. The second-order valence-electron chi connectivity index (χ2n) is 6.25. The standard InChI is InChI=1S/C17H20N8O4.ClH/c1-23-9-11(22-16(27)14-8-12(25(28)29)10-24(14)2)7-13(23)15(26)18-3-4-19-17-20-5-6-21-17;/h5-10H,3-4H2,1-2H3,(H,18,26)(H,22,27)(H2,19,20,21);1H. The van der Waals surface area contributed by atoms with Crippen molar-refractivity contribution < 1.29 is 14.5 Å². The molecule has 0 spiro atoms. The van der Waals surface area contributed by atoms with E-state index in [2.05, 4.69) is 25.9 Å². The molecule has 13 heteroatoms. The third-order valence-electron chi connectivity index (χ3n) is 4.13. The zero-order valence-electron chi connectivity index (χ0n) is 16.2. The fraction of sp³-hybridized carbons (Fsp3) is 0.235. The van der Waals surface area contributed by atoms with E-state index in [1.165, 1.54) is 22.9 Å². The molecule has 0 atom stereocenters. The number of nitro groups is 1. The lowest BCUT2D eigenvalue weighted by atomic mass is 10.3. The number of nitrogens with one attached hydrogen (secondary N) is 4. The second-order valence-corrected chi connectivity index (χ2v) is 6.25. The van der Waals surface area contributed by atoms with Crippen LogP contribution in [0.3, 0.4) is 0 Å². The number of halogens is 1. The van der Waals surface area contributed by atoms with Crippen molar-refractivity contribution in [3.05, 3.63) is 58.4 Å². The van der Waals surface area contributed by atoms with Gasteiger partial charge in [0.15, 0.2) is 5.95 Å². The van der Waals surface area contributed by atoms with E-state index in [-0.39, 0.29) is 29.7 Å². The molecular weight excluding hydrogens is 416 g/mol. The van der Waals surface area contributed by atoms with E-state index in [1.54, 1.807) is 37.3 Å². The Balaban J connectivity index is 0.00000320. The Bertz CT molecular complexity index is 1040. The number of nitrogens with zero attached hydrogens (tertiary/aromatic N) is 4. The molecule has 0 unspecified atom stereocenters. The maximum atomic E-state index is 12.4. The lowest BCUT2D eigenvalue weighted by Gasteiger charge is -2.06. The van der Waals surface area contributed by atoms with Gasteiger partial charge in [-0.05, 0) is 6.07 Å². The van der Waals surface area contributed by atoms with Gasteiger partial charge in [0.05, 0.1) is 16.8 Å². The average molecular weight is 437 g/mol. The molecule has 12 nitrogen and oxygen atoms in total. The van der Waals surface area contributed by atoms with Gasteiger partial charge in [-0.25, -0.2) is 4.98 Å². The molecule has 30 heavy (non-hydrogen) atoms. The van der Waals surface area contributed by atoms with Crippen LogP contribution in [0, 0.1) is 10.1 Å². The molecule has 3 heterocycles. The van der Waals surface area contributed by atoms with Gasteiger partial charge in [-0.15, -0.1) is 12.4 Å². The van der Waals surface area contributed by atoms with Crippen molar-refractivity contribution in [2.24, 2.45) is 14.1 Å². The minimum atomic E-state index is -0.567. The predicted octanol–water partition coefficient (Wildman–Crippen LogP) is 1.51. The van der Waals surface area contributed by atoms with Crippen molar-refractivity contribution in [2.45, 2.75) is 0 Å². The van der Waals surface area contributed by atoms with Gasteiger partial charge in [-0.3, -0.25) is 19.7 Å². The van der Waals surface area contributed by atoms with Gasteiger partial charge in [0, 0.05) is 51.8 Å². The van der Waals surface area contributed by atoms with E-state index >= 15 is 0 Å². The number of aromatic nitrogens is 4. The Morgan fingerprint density at radius 2 is 1.83 bits per heavy atom. The normalized spacial score (nSPS) is 10.2. The Morgan fingerprint density at radius 1 is 1.13 bits per heavy atom. The van der Waals surface area contributed by atoms with Gasteiger partial charge in [-0.2, -0.15) is 0 Å². The molecular formula is C17H21ClN8O4. The minimum Gasteiger partial charge on any atom is -0.354 e. The molecule has 3 rings (SSSR count). The number of hydrogen-bond donors (Lipinski definition) is 4. The van der Waals surface area contributed by atoms with Crippen LogP contribution in [0.5, 0.6) is 0 Å². The summed E-state index contributed by atoms with van der Waals surface area (Å²) in [5, 5.41) is 19.3. The minimum absolute atomic E-state index is 0. The lowest BCUT2D eigenvalue weighted by molar-refractivity contribution is -0.384. The number of aromatic amines is 1. The van der Waals surface area contributed by atoms with Crippen LogP contribution in [0.15, 0.2) is 36.9 Å². The molecule has 0 bridgehead atoms. The van der Waals surface area contributed by atoms with Crippen molar-refractivity contribution in [2.75, 3.05) is 23.7 Å². The number of hydrogen-bond acceptors (Lipinski definition) is 6. The summed E-state index contributed by atoms with van der Waals surface area (Å²) in [5.41, 5.74) is 0.723. The van der Waals surface area contributed by atoms with Crippen LogP contribution in [0.1, 0.15) is 21.0 Å². The largest absolute Gasteiger partial charge is 0.354 e. The van der Waals surface area contributed by atoms with E-state index in [9.17, 15) is 19.7 Å². The first kappa shape index (κ1) is 22.5. The number of carbonyl (C=O) groups excluding carboxylic acids is 2. The van der Waals surface area contributed by atoms with E-state index in [0.29, 0.717) is 30.4 Å². The van der Waals surface area contributed by atoms with Crippen molar-refractivity contribution in [3.8, 4) is 0 Å². The van der Waals surface area contributed by atoms with Crippen LogP contribution in [-0.4, -0.2) is 48.9 Å². The topological polar surface area (TPSA) is 152 Å². The van der Waals surface area contributed by atoms with Crippen LogP contribution in [0.4, 0.5) is 17.3 Å². The molecule has 0 saturated carbocycles. The van der Waals surface area contributed by atoms with Crippen molar-refractivity contribution >= 4 is 41.5 Å². The van der Waals surface area contributed by atoms with E-state index in [4.69, 9.17) is 0 Å². The van der Waals surface area contributed by atoms with Crippen LogP contribution in [0.25, 0.3) is 0 Å². The van der Waals surface area contributed by atoms with Crippen molar-refractivity contribution in [1.29, 1.82) is 0 Å². The van der Waals surface area contributed by atoms with Gasteiger partial charge >= 0.3 is 0 Å². The Kier molecular flexibility index (Phi) is 7.20. The second kappa shape index (κ2) is 9.60.